The predicted molar refractivity (Wildman–Crippen MR) is 69.4 cm³/mol. The van der Waals surface area contributed by atoms with Gasteiger partial charge in [0, 0.05) is 18.5 Å². The molecule has 1 aromatic rings. The van der Waals surface area contributed by atoms with Crippen LogP contribution in [0.1, 0.15) is 6.92 Å². The Balaban J connectivity index is 2.79. The lowest BCUT2D eigenvalue weighted by Gasteiger charge is -2.13. The molecule has 0 saturated heterocycles. The van der Waals surface area contributed by atoms with Crippen LogP contribution in [-0.4, -0.2) is 25.1 Å². The number of benzene rings is 1. The van der Waals surface area contributed by atoms with E-state index in [1.165, 1.54) is 6.07 Å². The zero-order valence-corrected chi connectivity index (χ0v) is 11.4. The quantitative estimate of drug-likeness (QED) is 0.648. The minimum Gasteiger partial charge on any atom is -0.486 e. The zero-order chi connectivity index (χ0) is 12.8. The highest BCUT2D eigenvalue weighted by atomic mass is 79.9. The monoisotopic (exact) mass is 302 g/mol. The summed E-state index contributed by atoms with van der Waals surface area (Å²) in [6.45, 7) is 3.25. The lowest BCUT2D eigenvalue weighted by Crippen LogP contribution is -2.21. The topological polar surface area (TPSA) is 64.4 Å². The van der Waals surface area contributed by atoms with E-state index in [1.807, 2.05) is 14.0 Å². The highest BCUT2D eigenvalue weighted by molar-refractivity contribution is 9.10. The summed E-state index contributed by atoms with van der Waals surface area (Å²) >= 11 is 3.26. The first-order valence-electron chi connectivity index (χ1n) is 5.26. The number of rotatable bonds is 6. The van der Waals surface area contributed by atoms with Gasteiger partial charge in [-0.05, 0) is 29.0 Å². The van der Waals surface area contributed by atoms with E-state index in [4.69, 9.17) is 4.74 Å². The van der Waals surface area contributed by atoms with Crippen molar-refractivity contribution in [1.29, 1.82) is 0 Å². The van der Waals surface area contributed by atoms with E-state index in [2.05, 4.69) is 21.2 Å². The molecular formula is C11H15BrN2O3. The first kappa shape index (κ1) is 13.9. The van der Waals surface area contributed by atoms with Crippen molar-refractivity contribution in [2.75, 3.05) is 20.2 Å². The van der Waals surface area contributed by atoms with Crippen LogP contribution in [-0.2, 0) is 0 Å². The van der Waals surface area contributed by atoms with Gasteiger partial charge >= 0.3 is 5.69 Å². The third-order valence-electron chi connectivity index (χ3n) is 2.21. The molecule has 1 atom stereocenters. The van der Waals surface area contributed by atoms with Gasteiger partial charge in [0.25, 0.3) is 0 Å². The molecule has 0 fully saturated rings. The molecule has 0 amide bonds. The Labute approximate surface area is 108 Å². The lowest BCUT2D eigenvalue weighted by atomic mass is 10.2. The smallest absolute Gasteiger partial charge is 0.312 e. The second-order valence-electron chi connectivity index (χ2n) is 3.82. The van der Waals surface area contributed by atoms with E-state index in [0.717, 1.165) is 6.54 Å². The van der Waals surface area contributed by atoms with Gasteiger partial charge in [-0.15, -0.1) is 0 Å². The molecule has 5 nitrogen and oxygen atoms in total. The van der Waals surface area contributed by atoms with Gasteiger partial charge in [0.15, 0.2) is 0 Å². The molecule has 0 heterocycles. The van der Waals surface area contributed by atoms with Crippen molar-refractivity contribution in [1.82, 2.24) is 5.32 Å². The highest BCUT2D eigenvalue weighted by Crippen LogP contribution is 2.34. The molecule has 1 N–H and O–H groups in total. The van der Waals surface area contributed by atoms with Crippen molar-refractivity contribution < 1.29 is 9.66 Å². The molecule has 1 unspecified atom stereocenters. The van der Waals surface area contributed by atoms with Gasteiger partial charge in [-0.25, -0.2) is 0 Å². The van der Waals surface area contributed by atoms with Gasteiger partial charge in [-0.1, -0.05) is 13.0 Å². The lowest BCUT2D eigenvalue weighted by molar-refractivity contribution is -0.386. The molecule has 0 aliphatic carbocycles. The van der Waals surface area contributed by atoms with Crippen molar-refractivity contribution >= 4 is 21.6 Å². The number of nitro groups is 1. The van der Waals surface area contributed by atoms with Crippen molar-refractivity contribution in [2.24, 2.45) is 5.92 Å². The van der Waals surface area contributed by atoms with Crippen molar-refractivity contribution in [3.05, 3.63) is 32.8 Å². The van der Waals surface area contributed by atoms with Gasteiger partial charge in [0.1, 0.15) is 0 Å². The van der Waals surface area contributed by atoms with Crippen LogP contribution >= 0.6 is 15.9 Å². The van der Waals surface area contributed by atoms with Crippen LogP contribution in [0.25, 0.3) is 0 Å². The Hall–Kier alpha value is -1.14. The van der Waals surface area contributed by atoms with Crippen LogP contribution in [0.5, 0.6) is 5.75 Å². The van der Waals surface area contributed by atoms with E-state index in [-0.39, 0.29) is 11.6 Å². The first-order valence-corrected chi connectivity index (χ1v) is 6.05. The Morgan fingerprint density at radius 2 is 2.29 bits per heavy atom. The largest absolute Gasteiger partial charge is 0.486 e. The van der Waals surface area contributed by atoms with Crippen molar-refractivity contribution in [2.45, 2.75) is 6.92 Å². The Morgan fingerprint density at radius 1 is 1.59 bits per heavy atom. The average molecular weight is 303 g/mol. The summed E-state index contributed by atoms with van der Waals surface area (Å²) < 4.78 is 6.12. The zero-order valence-electron chi connectivity index (χ0n) is 9.77. The summed E-state index contributed by atoms with van der Waals surface area (Å²) in [5.74, 6) is 0.576. The maximum Gasteiger partial charge on any atom is 0.312 e. The fraction of sp³-hybridized carbons (Fsp3) is 0.455. The predicted octanol–water partition coefficient (Wildman–Crippen LogP) is 2.59. The molecule has 1 rings (SSSR count). The third-order valence-corrected chi connectivity index (χ3v) is 2.83. The van der Waals surface area contributed by atoms with Crippen LogP contribution in [0.4, 0.5) is 5.69 Å². The molecule has 0 bridgehead atoms. The second kappa shape index (κ2) is 6.56. The maximum atomic E-state index is 10.8. The molecule has 1 aromatic carbocycles. The summed E-state index contributed by atoms with van der Waals surface area (Å²) in [6.07, 6.45) is 0. The highest BCUT2D eigenvalue weighted by Gasteiger charge is 2.18. The van der Waals surface area contributed by atoms with Crippen LogP contribution in [0, 0.1) is 16.0 Å². The Morgan fingerprint density at radius 3 is 2.88 bits per heavy atom. The number of hydrogen-bond acceptors (Lipinski definition) is 4. The minimum atomic E-state index is -0.442. The van der Waals surface area contributed by atoms with Crippen molar-refractivity contribution in [3.63, 3.8) is 0 Å². The van der Waals surface area contributed by atoms with Crippen LogP contribution in [0.2, 0.25) is 0 Å². The van der Waals surface area contributed by atoms with Crippen molar-refractivity contribution in [3.8, 4) is 5.75 Å². The van der Waals surface area contributed by atoms with Gasteiger partial charge in [0.05, 0.1) is 16.0 Å². The van der Waals surface area contributed by atoms with Crippen LogP contribution in [0.3, 0.4) is 0 Å². The van der Waals surface area contributed by atoms with Crippen LogP contribution in [0.15, 0.2) is 22.7 Å². The fourth-order valence-electron chi connectivity index (χ4n) is 1.42. The van der Waals surface area contributed by atoms with E-state index >= 15 is 0 Å². The molecule has 0 radical (unpaired) electrons. The Bertz CT molecular complexity index is 398. The summed E-state index contributed by atoms with van der Waals surface area (Å²) in [5, 5.41) is 13.9. The summed E-state index contributed by atoms with van der Waals surface area (Å²) in [5.41, 5.74) is -0.0176. The molecule has 0 aromatic heterocycles. The number of hydrogen-bond donors (Lipinski definition) is 1. The molecular weight excluding hydrogens is 288 g/mol. The molecule has 0 aliphatic heterocycles. The number of nitrogens with one attached hydrogen (secondary N) is 1. The van der Waals surface area contributed by atoms with Crippen LogP contribution < -0.4 is 10.1 Å². The summed E-state index contributed by atoms with van der Waals surface area (Å²) in [6, 6.07) is 4.78. The molecule has 17 heavy (non-hydrogen) atoms. The van der Waals surface area contributed by atoms with Gasteiger partial charge in [-0.2, -0.15) is 0 Å². The van der Waals surface area contributed by atoms with Gasteiger partial charge in [0.2, 0.25) is 5.75 Å². The number of para-hydroxylation sites is 1. The number of nitrogens with zero attached hydrogens (tertiary/aromatic N) is 1. The second-order valence-corrected chi connectivity index (χ2v) is 4.67. The summed E-state index contributed by atoms with van der Waals surface area (Å²) in [7, 11) is 1.86. The molecule has 0 aliphatic rings. The number of ether oxygens (including phenoxy) is 1. The number of nitro benzene ring substituents is 1. The maximum absolute atomic E-state index is 10.8. The number of halogens is 1. The van der Waals surface area contributed by atoms with E-state index < -0.39 is 4.92 Å². The Kier molecular flexibility index (Phi) is 5.37. The molecule has 6 heteroatoms. The standard InChI is InChI=1S/C11H15BrN2O3/c1-8(6-13-2)7-17-11-9(12)4-3-5-10(11)14(15)16/h3-5,8,13H,6-7H2,1-2H3. The molecule has 0 saturated carbocycles. The fourth-order valence-corrected chi connectivity index (χ4v) is 1.89. The minimum absolute atomic E-state index is 0.0176. The van der Waals surface area contributed by atoms with Gasteiger partial charge < -0.3 is 10.1 Å². The molecule has 94 valence electrons. The first-order chi connectivity index (χ1) is 8.06. The van der Waals surface area contributed by atoms with E-state index in [0.29, 0.717) is 16.8 Å². The molecule has 0 spiro atoms. The summed E-state index contributed by atoms with van der Waals surface area (Å²) in [4.78, 5) is 10.4. The normalized spacial score (nSPS) is 12.2. The van der Waals surface area contributed by atoms with E-state index in [9.17, 15) is 10.1 Å². The average Bonchev–Trinajstić information content (AvgIpc) is 2.27. The SMILES string of the molecule is CNCC(C)COc1c(Br)cccc1[N+](=O)[O-]. The van der Waals surface area contributed by atoms with Gasteiger partial charge in [-0.3, -0.25) is 10.1 Å². The van der Waals surface area contributed by atoms with E-state index in [1.54, 1.807) is 12.1 Å². The third kappa shape index (κ3) is 3.98.